The van der Waals surface area contributed by atoms with Gasteiger partial charge in [-0.3, -0.25) is 0 Å². The molecule has 132 valence electrons. The fraction of sp³-hybridized carbons (Fsp3) is 0.524. The molecule has 1 unspecified atom stereocenters. The Balaban J connectivity index is 2.15. The molecule has 0 amide bonds. The Kier molecular flexibility index (Phi) is 7.72. The highest BCUT2D eigenvalue weighted by Crippen LogP contribution is 2.26. The largest absolute Gasteiger partial charge is 0.339 e. The lowest BCUT2D eigenvalue weighted by Gasteiger charge is -2.25. The van der Waals surface area contributed by atoms with Gasteiger partial charge < -0.3 is 4.98 Å². The minimum absolute atomic E-state index is 1.12. The summed E-state index contributed by atoms with van der Waals surface area (Å²) >= 11 is 0. The third-order valence-electron chi connectivity index (χ3n) is 4.83. The summed E-state index contributed by atoms with van der Waals surface area (Å²) in [6.07, 6.45) is 14.0. The zero-order valence-electron chi connectivity index (χ0n) is 16.1. The predicted molar refractivity (Wildman–Crippen MR) is 114 cm³/mol. The van der Waals surface area contributed by atoms with Crippen LogP contribution in [0.4, 0.5) is 0 Å². The predicted octanol–water partition coefficient (Wildman–Crippen LogP) is 4.85. The van der Waals surface area contributed by atoms with E-state index in [2.05, 4.69) is 74.0 Å². The molecular formula is C21H35NSi2. The summed E-state index contributed by atoms with van der Waals surface area (Å²) in [6, 6.07) is 11.3. The van der Waals surface area contributed by atoms with Gasteiger partial charge in [0, 0.05) is 0 Å². The fourth-order valence-electron chi connectivity index (χ4n) is 3.45. The normalized spacial score (nSPS) is 16.0. The SMILES string of the molecule is CCCCCCC1=C([SiH](CN[Si](C)(C)C)c2ccccc2)CC=C1. The summed E-state index contributed by atoms with van der Waals surface area (Å²) in [6.45, 7) is 9.53. The summed E-state index contributed by atoms with van der Waals surface area (Å²) in [5.41, 5.74) is 1.67. The first-order valence-corrected chi connectivity index (χ1v) is 15.2. The third kappa shape index (κ3) is 6.19. The molecule has 1 aromatic carbocycles. The van der Waals surface area contributed by atoms with E-state index < -0.39 is 17.0 Å². The minimum atomic E-state index is -1.22. The summed E-state index contributed by atoms with van der Waals surface area (Å²) in [7, 11) is -2.34. The smallest absolute Gasteiger partial charge is 0.116 e. The van der Waals surface area contributed by atoms with Crippen molar-refractivity contribution in [2.75, 3.05) is 6.17 Å². The number of hydrogen-bond acceptors (Lipinski definition) is 1. The van der Waals surface area contributed by atoms with Crippen molar-refractivity contribution in [3.8, 4) is 0 Å². The zero-order chi connectivity index (χ0) is 17.4. The molecule has 1 aliphatic rings. The van der Waals surface area contributed by atoms with Gasteiger partial charge in [-0.15, -0.1) is 0 Å². The first-order valence-electron chi connectivity index (χ1n) is 9.69. The number of benzene rings is 1. The van der Waals surface area contributed by atoms with Crippen LogP contribution in [0.2, 0.25) is 19.6 Å². The van der Waals surface area contributed by atoms with Gasteiger partial charge >= 0.3 is 0 Å². The molecule has 0 spiro atoms. The average Bonchev–Trinajstić information content (AvgIpc) is 3.00. The maximum absolute atomic E-state index is 3.93. The zero-order valence-corrected chi connectivity index (χ0v) is 18.2. The van der Waals surface area contributed by atoms with E-state index >= 15 is 0 Å². The molecule has 1 aromatic rings. The van der Waals surface area contributed by atoms with Crippen LogP contribution in [0.5, 0.6) is 0 Å². The van der Waals surface area contributed by atoms with E-state index in [4.69, 9.17) is 0 Å². The Morgan fingerprint density at radius 3 is 2.46 bits per heavy atom. The number of hydrogen-bond donors (Lipinski definition) is 1. The van der Waals surface area contributed by atoms with Gasteiger partial charge in [0.15, 0.2) is 0 Å². The highest BCUT2D eigenvalue weighted by Gasteiger charge is 2.25. The van der Waals surface area contributed by atoms with E-state index in [0.29, 0.717) is 0 Å². The van der Waals surface area contributed by atoms with E-state index in [1.165, 1.54) is 44.7 Å². The molecular weight excluding hydrogens is 322 g/mol. The number of nitrogens with one attached hydrogen (secondary N) is 1. The average molecular weight is 358 g/mol. The Morgan fingerprint density at radius 1 is 1.04 bits per heavy atom. The van der Waals surface area contributed by atoms with Crippen molar-refractivity contribution in [3.63, 3.8) is 0 Å². The standard InChI is InChI=1S/C21H35NSi2/c1-5-6-7-9-13-19-14-12-17-21(19)23(18-22-24(2,3)4)20-15-10-8-11-16-20/h8,10-12,14-16,22-23H,5-7,9,13,17-18H2,1-4H3. The van der Waals surface area contributed by atoms with Gasteiger partial charge in [0.2, 0.25) is 0 Å². The first-order chi connectivity index (χ1) is 11.5. The summed E-state index contributed by atoms with van der Waals surface area (Å²) in [4.78, 5) is 3.93. The first kappa shape index (κ1) is 19.4. The summed E-state index contributed by atoms with van der Waals surface area (Å²) in [5.74, 6) is 0. The highest BCUT2D eigenvalue weighted by molar-refractivity contribution is 6.82. The molecule has 1 N–H and O–H groups in total. The van der Waals surface area contributed by atoms with Crippen molar-refractivity contribution < 1.29 is 0 Å². The highest BCUT2D eigenvalue weighted by atomic mass is 28.3. The molecule has 0 saturated carbocycles. The van der Waals surface area contributed by atoms with E-state index in [1.54, 1.807) is 16.0 Å². The maximum atomic E-state index is 3.93. The van der Waals surface area contributed by atoms with Crippen molar-refractivity contribution in [2.24, 2.45) is 0 Å². The molecule has 1 nitrogen and oxygen atoms in total. The van der Waals surface area contributed by atoms with E-state index in [0.717, 1.165) is 0 Å². The van der Waals surface area contributed by atoms with Crippen molar-refractivity contribution in [1.29, 1.82) is 0 Å². The Labute approximate surface area is 152 Å². The van der Waals surface area contributed by atoms with Gasteiger partial charge in [-0.1, -0.05) is 104 Å². The molecule has 2 rings (SSSR count). The summed E-state index contributed by atoms with van der Waals surface area (Å²) < 4.78 is 0. The molecule has 0 heterocycles. The topological polar surface area (TPSA) is 12.0 Å². The second-order valence-electron chi connectivity index (χ2n) is 8.06. The molecule has 0 fully saturated rings. The van der Waals surface area contributed by atoms with E-state index in [-0.39, 0.29) is 0 Å². The molecule has 0 aromatic heterocycles. The van der Waals surface area contributed by atoms with E-state index in [9.17, 15) is 0 Å². The van der Waals surface area contributed by atoms with Crippen LogP contribution in [0.1, 0.15) is 45.4 Å². The Bertz CT molecular complexity index is 555. The fourth-order valence-corrected chi connectivity index (χ4v) is 9.40. The lowest BCUT2D eigenvalue weighted by atomic mass is 10.1. The monoisotopic (exact) mass is 357 g/mol. The second-order valence-corrected chi connectivity index (χ2v) is 15.8. The van der Waals surface area contributed by atoms with Crippen molar-refractivity contribution in [3.05, 3.63) is 53.3 Å². The lowest BCUT2D eigenvalue weighted by molar-refractivity contribution is 0.668. The van der Waals surface area contributed by atoms with Crippen molar-refractivity contribution in [2.45, 2.75) is 65.1 Å². The van der Waals surface area contributed by atoms with Crippen LogP contribution < -0.4 is 10.2 Å². The quantitative estimate of drug-likeness (QED) is 0.466. The van der Waals surface area contributed by atoms with Gasteiger partial charge in [0.1, 0.15) is 17.0 Å². The number of unbranched alkanes of at least 4 members (excludes halogenated alkanes) is 3. The van der Waals surface area contributed by atoms with Gasteiger partial charge in [-0.05, 0) is 25.4 Å². The molecule has 1 atom stereocenters. The number of rotatable bonds is 10. The molecule has 0 bridgehead atoms. The van der Waals surface area contributed by atoms with Crippen molar-refractivity contribution in [1.82, 2.24) is 4.98 Å². The van der Waals surface area contributed by atoms with Crippen LogP contribution in [0, 0.1) is 0 Å². The molecule has 3 heteroatoms. The van der Waals surface area contributed by atoms with Crippen LogP contribution in [0.25, 0.3) is 0 Å². The second kappa shape index (κ2) is 9.54. The molecule has 24 heavy (non-hydrogen) atoms. The van der Waals surface area contributed by atoms with Gasteiger partial charge in [-0.25, -0.2) is 0 Å². The Hall–Kier alpha value is -0.906. The van der Waals surface area contributed by atoms with Crippen LogP contribution in [0.3, 0.4) is 0 Å². The van der Waals surface area contributed by atoms with Crippen LogP contribution in [-0.4, -0.2) is 23.2 Å². The molecule has 0 aliphatic heterocycles. The van der Waals surface area contributed by atoms with Gasteiger partial charge in [-0.2, -0.15) is 0 Å². The van der Waals surface area contributed by atoms with E-state index in [1.807, 2.05) is 0 Å². The minimum Gasteiger partial charge on any atom is -0.339 e. The molecule has 1 aliphatic carbocycles. The van der Waals surface area contributed by atoms with Crippen LogP contribution in [0.15, 0.2) is 53.3 Å². The van der Waals surface area contributed by atoms with Gasteiger partial charge in [0.05, 0.1) is 0 Å². The molecule has 0 saturated heterocycles. The van der Waals surface area contributed by atoms with Crippen molar-refractivity contribution >= 4 is 22.2 Å². The third-order valence-corrected chi connectivity index (χ3v) is 9.75. The molecule has 0 radical (unpaired) electrons. The van der Waals surface area contributed by atoms with Crippen LogP contribution >= 0.6 is 0 Å². The van der Waals surface area contributed by atoms with Gasteiger partial charge in [0.25, 0.3) is 0 Å². The summed E-state index contributed by atoms with van der Waals surface area (Å²) in [5, 5.41) is 3.40. The number of allylic oxidation sites excluding steroid dienone is 4. The Morgan fingerprint density at radius 2 is 1.79 bits per heavy atom. The maximum Gasteiger partial charge on any atom is 0.116 e. The lowest BCUT2D eigenvalue weighted by Crippen LogP contribution is -2.51. The van der Waals surface area contributed by atoms with Crippen LogP contribution in [-0.2, 0) is 0 Å².